The van der Waals surface area contributed by atoms with Crippen molar-refractivity contribution in [2.24, 2.45) is 7.05 Å². The van der Waals surface area contributed by atoms with Gasteiger partial charge in [-0.25, -0.2) is 9.37 Å². The van der Waals surface area contributed by atoms with Crippen LogP contribution >= 0.6 is 11.6 Å². The number of hydrogen-bond donors (Lipinski definition) is 1. The van der Waals surface area contributed by atoms with Gasteiger partial charge in [0.2, 0.25) is 0 Å². The van der Waals surface area contributed by atoms with Crippen LogP contribution in [0.15, 0.2) is 42.6 Å². The molecule has 0 radical (unpaired) electrons. The Labute approximate surface area is 247 Å². The summed E-state index contributed by atoms with van der Waals surface area (Å²) in [6.07, 6.45) is 3.18. The van der Waals surface area contributed by atoms with Crippen molar-refractivity contribution in [2.45, 2.75) is 26.3 Å². The van der Waals surface area contributed by atoms with Gasteiger partial charge in [0.05, 0.1) is 35.8 Å². The molecule has 1 N–H and O–H groups in total. The second kappa shape index (κ2) is 12.4. The minimum Gasteiger partial charge on any atom is -0.496 e. The van der Waals surface area contributed by atoms with Crippen molar-refractivity contribution < 1.29 is 23.1 Å². The number of aldehydes is 1. The Hall–Kier alpha value is -4.15. The van der Waals surface area contributed by atoms with Crippen LogP contribution in [0, 0.1) is 12.7 Å². The molecule has 218 valence electrons. The van der Waals surface area contributed by atoms with Crippen molar-refractivity contribution in [3.05, 3.63) is 81.8 Å². The number of benzene rings is 2. The first-order chi connectivity index (χ1) is 20.3. The number of nitrogens with one attached hydrogen (secondary N) is 1. The Bertz CT molecular complexity index is 1670. The topological polar surface area (TPSA) is 89.3 Å². The summed E-state index contributed by atoms with van der Waals surface area (Å²) in [5.74, 6) is -0.711. The van der Waals surface area contributed by atoms with Crippen LogP contribution in [0.3, 0.4) is 0 Å². The molecule has 0 unspecified atom stereocenters. The van der Waals surface area contributed by atoms with E-state index in [1.54, 1.807) is 18.3 Å². The third-order valence-corrected chi connectivity index (χ3v) is 7.99. The third kappa shape index (κ3) is 5.52. The zero-order valence-corrected chi connectivity index (χ0v) is 24.3. The molecule has 2 aromatic carbocycles. The van der Waals surface area contributed by atoms with Gasteiger partial charge in [-0.15, -0.1) is 0 Å². The summed E-state index contributed by atoms with van der Waals surface area (Å²) in [4.78, 5) is 35.8. The summed E-state index contributed by atoms with van der Waals surface area (Å²) in [6.45, 7) is 3.55. The van der Waals surface area contributed by atoms with Crippen LogP contribution in [0.25, 0.3) is 22.4 Å². The van der Waals surface area contributed by atoms with Gasteiger partial charge in [-0.05, 0) is 48.7 Å². The predicted molar refractivity (Wildman–Crippen MR) is 157 cm³/mol. The SMILES string of the molecule is COc1cc(-c2nccc(-c3cccc(NC(=O)c4nc5c(n4C)CCN(CCCF)C5)c3C)c2Cl)cc(F)c1C=O. The molecule has 4 aromatic rings. The van der Waals surface area contributed by atoms with E-state index in [0.29, 0.717) is 54.1 Å². The molecule has 1 aliphatic heterocycles. The number of ether oxygens (including phenoxy) is 1. The molecule has 1 amide bonds. The van der Waals surface area contributed by atoms with E-state index in [9.17, 15) is 18.4 Å². The Morgan fingerprint density at radius 1 is 1.24 bits per heavy atom. The summed E-state index contributed by atoms with van der Waals surface area (Å²) in [7, 11) is 3.18. The minimum atomic E-state index is -0.744. The molecule has 0 bridgehead atoms. The van der Waals surface area contributed by atoms with E-state index in [1.165, 1.54) is 19.2 Å². The smallest absolute Gasteiger partial charge is 0.291 e. The molecule has 5 rings (SSSR count). The zero-order chi connectivity index (χ0) is 30.0. The van der Waals surface area contributed by atoms with Gasteiger partial charge in [0, 0.05) is 61.8 Å². The van der Waals surface area contributed by atoms with Gasteiger partial charge in [0.25, 0.3) is 5.91 Å². The number of carbonyl (C=O) groups excluding carboxylic acids is 2. The van der Waals surface area contributed by atoms with Crippen molar-refractivity contribution >= 4 is 29.5 Å². The molecular formula is C31H30ClF2N5O3. The second-order valence-corrected chi connectivity index (χ2v) is 10.5. The number of carbonyl (C=O) groups is 2. The number of imidazole rings is 1. The van der Waals surface area contributed by atoms with Crippen LogP contribution in [0.1, 0.15) is 44.3 Å². The number of hydrogen-bond acceptors (Lipinski definition) is 6. The highest BCUT2D eigenvalue weighted by molar-refractivity contribution is 6.35. The van der Waals surface area contributed by atoms with Crippen molar-refractivity contribution in [3.63, 3.8) is 0 Å². The van der Waals surface area contributed by atoms with E-state index in [0.717, 1.165) is 35.5 Å². The molecule has 42 heavy (non-hydrogen) atoms. The molecule has 1 aliphatic rings. The molecule has 0 spiro atoms. The van der Waals surface area contributed by atoms with Crippen LogP contribution in [0.2, 0.25) is 5.02 Å². The van der Waals surface area contributed by atoms with Gasteiger partial charge in [-0.2, -0.15) is 0 Å². The number of fused-ring (bicyclic) bond motifs is 1. The average molecular weight is 594 g/mol. The molecule has 8 nitrogen and oxygen atoms in total. The Morgan fingerprint density at radius 2 is 2.05 bits per heavy atom. The molecule has 3 heterocycles. The Balaban J connectivity index is 1.44. The highest BCUT2D eigenvalue weighted by Gasteiger charge is 2.26. The summed E-state index contributed by atoms with van der Waals surface area (Å²) < 4.78 is 34.3. The Morgan fingerprint density at radius 3 is 2.79 bits per heavy atom. The number of anilines is 1. The summed E-state index contributed by atoms with van der Waals surface area (Å²) in [5.41, 5.74) is 5.06. The zero-order valence-electron chi connectivity index (χ0n) is 23.5. The number of rotatable bonds is 9. The van der Waals surface area contributed by atoms with E-state index in [4.69, 9.17) is 16.3 Å². The maximum Gasteiger partial charge on any atom is 0.291 e. The van der Waals surface area contributed by atoms with Crippen LogP contribution in [0.4, 0.5) is 14.5 Å². The number of alkyl halides is 1. The van der Waals surface area contributed by atoms with Crippen LogP contribution in [-0.2, 0) is 20.0 Å². The lowest BCUT2D eigenvalue weighted by Gasteiger charge is -2.26. The fourth-order valence-electron chi connectivity index (χ4n) is 5.37. The molecular weight excluding hydrogens is 564 g/mol. The number of nitrogens with zero attached hydrogens (tertiary/aromatic N) is 4. The quantitative estimate of drug-likeness (QED) is 0.238. The molecule has 2 aromatic heterocycles. The maximum absolute atomic E-state index is 14.6. The normalized spacial score (nSPS) is 13.1. The molecule has 0 atom stereocenters. The largest absolute Gasteiger partial charge is 0.496 e. The highest BCUT2D eigenvalue weighted by atomic mass is 35.5. The number of aromatic nitrogens is 3. The van der Waals surface area contributed by atoms with Crippen molar-refractivity contribution in [2.75, 3.05) is 32.2 Å². The summed E-state index contributed by atoms with van der Waals surface area (Å²) >= 11 is 6.83. The van der Waals surface area contributed by atoms with Gasteiger partial charge in [-0.3, -0.25) is 23.9 Å². The lowest BCUT2D eigenvalue weighted by atomic mass is 9.97. The van der Waals surface area contributed by atoms with Gasteiger partial charge in [0.15, 0.2) is 12.1 Å². The first kappa shape index (κ1) is 29.3. The summed E-state index contributed by atoms with van der Waals surface area (Å²) in [6, 6.07) is 9.93. The minimum absolute atomic E-state index is 0.0765. The number of methoxy groups -OCH3 is 1. The van der Waals surface area contributed by atoms with E-state index in [-0.39, 0.29) is 28.9 Å². The van der Waals surface area contributed by atoms with Crippen LogP contribution < -0.4 is 10.1 Å². The fraction of sp³-hybridized carbons (Fsp3) is 0.290. The van der Waals surface area contributed by atoms with E-state index in [2.05, 4.69) is 20.2 Å². The van der Waals surface area contributed by atoms with Gasteiger partial charge >= 0.3 is 0 Å². The van der Waals surface area contributed by atoms with E-state index >= 15 is 0 Å². The number of amides is 1. The monoisotopic (exact) mass is 593 g/mol. The maximum atomic E-state index is 14.6. The Kier molecular flexibility index (Phi) is 8.65. The standard InChI is InChI=1S/C31H30ClF2N5O3/c1-18-20(21-8-11-35-29(28(21)32)19-14-23(34)22(17-40)27(15-19)42-3)6-4-7-24(18)37-31(41)30-36-25-16-39(12-5-10-33)13-9-26(25)38(30)2/h4,6-8,11,14-15,17H,5,9-10,12-13,16H2,1-3H3,(H,37,41). The van der Waals surface area contributed by atoms with Crippen molar-refractivity contribution in [1.82, 2.24) is 19.4 Å². The molecule has 11 heteroatoms. The van der Waals surface area contributed by atoms with Gasteiger partial charge in [-0.1, -0.05) is 23.7 Å². The number of halogens is 3. The molecule has 0 saturated carbocycles. The van der Waals surface area contributed by atoms with Crippen LogP contribution in [0.5, 0.6) is 5.75 Å². The first-order valence-electron chi connectivity index (χ1n) is 13.5. The summed E-state index contributed by atoms with van der Waals surface area (Å²) in [5, 5.41) is 3.27. The molecule has 0 saturated heterocycles. The number of pyridine rings is 1. The van der Waals surface area contributed by atoms with Gasteiger partial charge < -0.3 is 14.6 Å². The lowest BCUT2D eigenvalue weighted by Crippen LogP contribution is -2.32. The third-order valence-electron chi connectivity index (χ3n) is 7.61. The molecule has 0 aliphatic carbocycles. The van der Waals surface area contributed by atoms with Crippen molar-refractivity contribution in [1.29, 1.82) is 0 Å². The average Bonchev–Trinajstić information content (AvgIpc) is 3.32. The van der Waals surface area contributed by atoms with E-state index < -0.39 is 5.82 Å². The van der Waals surface area contributed by atoms with Crippen LogP contribution in [-0.4, -0.2) is 58.5 Å². The fourth-order valence-corrected chi connectivity index (χ4v) is 5.69. The first-order valence-corrected chi connectivity index (χ1v) is 13.9. The highest BCUT2D eigenvalue weighted by Crippen LogP contribution is 2.39. The predicted octanol–water partition coefficient (Wildman–Crippen LogP) is 6.04. The lowest BCUT2D eigenvalue weighted by molar-refractivity contribution is 0.101. The molecule has 0 fully saturated rings. The van der Waals surface area contributed by atoms with Crippen molar-refractivity contribution in [3.8, 4) is 28.1 Å². The second-order valence-electron chi connectivity index (χ2n) is 10.1. The van der Waals surface area contributed by atoms with E-state index in [1.807, 2.05) is 30.7 Å². The van der Waals surface area contributed by atoms with Gasteiger partial charge in [0.1, 0.15) is 11.6 Å².